The number of primary amides is 1. The molecule has 0 aromatic rings. The summed E-state index contributed by atoms with van der Waals surface area (Å²) in [6, 6.07) is -1.48. The van der Waals surface area contributed by atoms with Gasteiger partial charge in [-0.2, -0.15) is 13.2 Å². The second-order valence-corrected chi connectivity index (χ2v) is 2.92. The molecule has 9 heteroatoms. The third-order valence-electron chi connectivity index (χ3n) is 1.51. The molecular weight excluding hydrogens is 245 g/mol. The molecule has 1 atom stereocenters. The quantitative estimate of drug-likeness (QED) is 0.556. The zero-order valence-electron chi connectivity index (χ0n) is 8.32. The van der Waals surface area contributed by atoms with Gasteiger partial charge in [-0.25, -0.2) is 4.79 Å². The molecule has 0 fully saturated rings. The van der Waals surface area contributed by atoms with Crippen molar-refractivity contribution in [3.8, 4) is 0 Å². The van der Waals surface area contributed by atoms with E-state index in [1.54, 1.807) is 0 Å². The van der Waals surface area contributed by atoms with Crippen LogP contribution in [0.4, 0.5) is 13.2 Å². The van der Waals surface area contributed by atoms with Gasteiger partial charge in [0.15, 0.2) is 0 Å². The van der Waals surface area contributed by atoms with Crippen LogP contribution in [0.3, 0.4) is 0 Å². The number of hydrogen-bond donors (Lipinski definition) is 3. The van der Waals surface area contributed by atoms with Gasteiger partial charge < -0.3 is 16.2 Å². The average molecular weight is 254 g/mol. The molecule has 6 nitrogen and oxygen atoms in total. The fourth-order valence-corrected chi connectivity index (χ4v) is 0.753. The molecule has 0 radical (unpaired) electrons. The highest BCUT2D eigenvalue weighted by Gasteiger charge is 2.36. The number of carbonyl (C=O) groups is 3. The number of carboxylic acids is 1. The summed E-state index contributed by atoms with van der Waals surface area (Å²) in [7, 11) is 0. The molecule has 0 saturated heterocycles. The van der Waals surface area contributed by atoms with Gasteiger partial charge in [0.25, 0.3) is 5.78 Å². The highest BCUT2D eigenvalue weighted by atomic mass is 19.4. The lowest BCUT2D eigenvalue weighted by Crippen LogP contribution is -2.37. The summed E-state index contributed by atoms with van der Waals surface area (Å²) in [5.74, 6) is -4.57. The fourth-order valence-electron chi connectivity index (χ4n) is 0.753. The van der Waals surface area contributed by atoms with Gasteiger partial charge in [0.1, 0.15) is 6.04 Å². The Morgan fingerprint density at radius 3 is 2.24 bits per heavy atom. The molecule has 0 aromatic heterocycles. The van der Waals surface area contributed by atoms with Gasteiger partial charge in [-0.15, -0.1) is 0 Å². The Labute approximate surface area is 93.3 Å². The first-order chi connectivity index (χ1) is 7.64. The Hall–Kier alpha value is -2.06. The zero-order valence-corrected chi connectivity index (χ0v) is 8.32. The van der Waals surface area contributed by atoms with Crippen molar-refractivity contribution < 1.29 is 32.7 Å². The molecule has 0 aliphatic rings. The van der Waals surface area contributed by atoms with Gasteiger partial charge in [-0.1, -0.05) is 0 Å². The molecule has 0 spiro atoms. The lowest BCUT2D eigenvalue weighted by atomic mass is 10.2. The van der Waals surface area contributed by atoms with E-state index in [2.05, 4.69) is 0 Å². The van der Waals surface area contributed by atoms with Crippen LogP contribution in [-0.4, -0.2) is 35.0 Å². The minimum atomic E-state index is -5.03. The van der Waals surface area contributed by atoms with Crippen molar-refractivity contribution in [3.05, 3.63) is 12.3 Å². The third-order valence-corrected chi connectivity index (χ3v) is 1.51. The van der Waals surface area contributed by atoms with E-state index < -0.39 is 36.3 Å². The van der Waals surface area contributed by atoms with E-state index in [4.69, 9.17) is 10.8 Å². The van der Waals surface area contributed by atoms with Crippen molar-refractivity contribution in [2.45, 2.75) is 18.6 Å². The van der Waals surface area contributed by atoms with Crippen molar-refractivity contribution in [3.63, 3.8) is 0 Å². The van der Waals surface area contributed by atoms with Crippen LogP contribution in [0.25, 0.3) is 0 Å². The molecule has 0 heterocycles. The molecule has 0 aromatic carbocycles. The lowest BCUT2D eigenvalue weighted by molar-refractivity contribution is -0.165. The summed E-state index contributed by atoms with van der Waals surface area (Å²) in [6.07, 6.45) is -5.01. The number of hydrogen-bond acceptors (Lipinski definition) is 4. The SMILES string of the molecule is NC(=O)C[C@H](N/C=C\C(=O)C(F)(F)F)C(=O)O. The summed E-state index contributed by atoms with van der Waals surface area (Å²) in [5, 5.41) is 10.5. The Bertz CT molecular complexity index is 351. The zero-order chi connectivity index (χ0) is 13.6. The van der Waals surface area contributed by atoms with Crippen LogP contribution >= 0.6 is 0 Å². The number of alkyl halides is 3. The van der Waals surface area contributed by atoms with Gasteiger partial charge in [0, 0.05) is 12.3 Å². The van der Waals surface area contributed by atoms with E-state index in [1.807, 2.05) is 5.32 Å². The molecule has 0 bridgehead atoms. The average Bonchev–Trinajstić information content (AvgIpc) is 2.13. The van der Waals surface area contributed by atoms with Crippen LogP contribution in [0.15, 0.2) is 12.3 Å². The van der Waals surface area contributed by atoms with Gasteiger partial charge in [-0.05, 0) is 0 Å². The number of nitrogens with two attached hydrogens (primary N) is 1. The number of carboxylic acid groups (broad SMARTS) is 1. The maximum absolute atomic E-state index is 11.7. The molecule has 0 rings (SSSR count). The number of rotatable bonds is 6. The highest BCUT2D eigenvalue weighted by Crippen LogP contribution is 2.15. The summed E-state index contributed by atoms with van der Waals surface area (Å²) >= 11 is 0. The topological polar surface area (TPSA) is 109 Å². The van der Waals surface area contributed by atoms with E-state index in [1.165, 1.54) is 0 Å². The second-order valence-electron chi connectivity index (χ2n) is 2.92. The number of nitrogens with one attached hydrogen (secondary N) is 1. The van der Waals surface area contributed by atoms with E-state index in [-0.39, 0.29) is 6.08 Å². The van der Waals surface area contributed by atoms with Gasteiger partial charge in [0.05, 0.1) is 6.42 Å². The van der Waals surface area contributed by atoms with Crippen LogP contribution < -0.4 is 11.1 Å². The van der Waals surface area contributed by atoms with Gasteiger partial charge >= 0.3 is 12.1 Å². The Kier molecular flexibility index (Phi) is 5.16. The fraction of sp³-hybridized carbons (Fsp3) is 0.375. The van der Waals surface area contributed by atoms with Crippen molar-refractivity contribution in [2.24, 2.45) is 5.73 Å². The van der Waals surface area contributed by atoms with Crippen molar-refractivity contribution in [1.82, 2.24) is 5.32 Å². The molecule has 96 valence electrons. The Balaban J connectivity index is 4.41. The van der Waals surface area contributed by atoms with Crippen LogP contribution in [0.2, 0.25) is 0 Å². The van der Waals surface area contributed by atoms with Crippen LogP contribution in [0.5, 0.6) is 0 Å². The smallest absolute Gasteiger partial charge is 0.454 e. The first-order valence-corrected chi connectivity index (χ1v) is 4.19. The van der Waals surface area contributed by atoms with Gasteiger partial charge in [-0.3, -0.25) is 9.59 Å². The third kappa shape index (κ3) is 6.17. The Morgan fingerprint density at radius 2 is 1.88 bits per heavy atom. The molecule has 1 amide bonds. The summed E-state index contributed by atoms with van der Waals surface area (Å²) in [4.78, 5) is 31.3. The number of allylic oxidation sites excluding steroid dienone is 1. The molecule has 0 saturated carbocycles. The maximum Gasteiger partial charge on any atom is 0.454 e. The summed E-state index contributed by atoms with van der Waals surface area (Å²) in [5.41, 5.74) is 4.72. The predicted octanol–water partition coefficient (Wildman–Crippen LogP) is -0.450. The molecule has 0 unspecified atom stereocenters. The highest BCUT2D eigenvalue weighted by molar-refractivity contribution is 5.94. The summed E-state index contributed by atoms with van der Waals surface area (Å²) < 4.78 is 35.2. The maximum atomic E-state index is 11.7. The monoisotopic (exact) mass is 254 g/mol. The van der Waals surface area contributed by atoms with E-state index in [9.17, 15) is 27.6 Å². The molecule has 17 heavy (non-hydrogen) atoms. The van der Waals surface area contributed by atoms with Crippen molar-refractivity contribution in [2.75, 3.05) is 0 Å². The number of ketones is 1. The van der Waals surface area contributed by atoms with E-state index in [0.29, 0.717) is 6.20 Å². The minimum Gasteiger partial charge on any atom is -0.480 e. The molecular formula is C8H9F3N2O4. The standard InChI is InChI=1S/C8H9F3N2O4/c9-8(10,11)5(14)1-2-13-4(7(16)17)3-6(12)15/h1-2,4,13H,3H2,(H2,12,15)(H,16,17)/b2-1-/t4-/m0/s1. The Morgan fingerprint density at radius 1 is 1.35 bits per heavy atom. The molecule has 0 aliphatic heterocycles. The molecule has 0 aliphatic carbocycles. The normalized spacial score (nSPS) is 13.4. The van der Waals surface area contributed by atoms with Crippen LogP contribution in [0, 0.1) is 0 Å². The van der Waals surface area contributed by atoms with E-state index in [0.717, 1.165) is 0 Å². The van der Waals surface area contributed by atoms with Crippen LogP contribution in [0.1, 0.15) is 6.42 Å². The van der Waals surface area contributed by atoms with Crippen molar-refractivity contribution in [1.29, 1.82) is 0 Å². The number of aliphatic carboxylic acids is 1. The largest absolute Gasteiger partial charge is 0.480 e. The van der Waals surface area contributed by atoms with Crippen molar-refractivity contribution >= 4 is 17.7 Å². The lowest BCUT2D eigenvalue weighted by Gasteiger charge is -2.09. The first-order valence-electron chi connectivity index (χ1n) is 4.19. The van der Waals surface area contributed by atoms with E-state index >= 15 is 0 Å². The number of amides is 1. The number of carbonyl (C=O) groups excluding carboxylic acids is 2. The second kappa shape index (κ2) is 5.87. The minimum absolute atomic E-state index is 0.122. The predicted molar refractivity (Wildman–Crippen MR) is 48.6 cm³/mol. The number of halogens is 3. The molecule has 4 N–H and O–H groups in total. The van der Waals surface area contributed by atoms with Gasteiger partial charge in [0.2, 0.25) is 5.91 Å². The first kappa shape index (κ1) is 14.9. The van der Waals surface area contributed by atoms with Crippen LogP contribution in [-0.2, 0) is 14.4 Å². The summed E-state index contributed by atoms with van der Waals surface area (Å²) in [6.45, 7) is 0.